The van der Waals surface area contributed by atoms with E-state index in [9.17, 15) is 9.90 Å². The Hall–Kier alpha value is -2.17. The summed E-state index contributed by atoms with van der Waals surface area (Å²) in [6.45, 7) is 0.679. The number of fused-ring (bicyclic) bond motifs is 1. The van der Waals surface area contributed by atoms with Crippen LogP contribution in [0.15, 0.2) is 54.6 Å². The molecule has 4 nitrogen and oxygen atoms in total. The van der Waals surface area contributed by atoms with E-state index in [2.05, 4.69) is 5.32 Å². The molecule has 2 unspecified atom stereocenters. The van der Waals surface area contributed by atoms with Crippen molar-refractivity contribution in [1.29, 1.82) is 0 Å². The molecule has 4 heteroatoms. The van der Waals surface area contributed by atoms with E-state index >= 15 is 0 Å². The smallest absolute Gasteiger partial charge is 0.226 e. The first-order chi connectivity index (χ1) is 12.2. The molecule has 0 bridgehead atoms. The highest BCUT2D eigenvalue weighted by molar-refractivity contribution is 5.80. The molecule has 1 saturated heterocycles. The lowest BCUT2D eigenvalue weighted by Gasteiger charge is -2.32. The van der Waals surface area contributed by atoms with Crippen LogP contribution in [0, 0.1) is 5.92 Å². The first-order valence-corrected chi connectivity index (χ1v) is 8.97. The fourth-order valence-electron chi connectivity index (χ4n) is 4.03. The largest absolute Gasteiger partial charge is 0.390 e. The fourth-order valence-corrected chi connectivity index (χ4v) is 4.03. The molecule has 1 aliphatic carbocycles. The minimum Gasteiger partial charge on any atom is -0.390 e. The average molecular weight is 337 g/mol. The second-order valence-electron chi connectivity index (χ2n) is 6.91. The molecule has 2 aromatic rings. The number of carbonyl (C=O) groups excluding carboxylic acids is 1. The molecule has 0 aromatic heterocycles. The van der Waals surface area contributed by atoms with Gasteiger partial charge in [0.05, 0.1) is 24.2 Å². The van der Waals surface area contributed by atoms with Gasteiger partial charge in [0.25, 0.3) is 0 Å². The Morgan fingerprint density at radius 3 is 2.68 bits per heavy atom. The molecule has 2 N–H and O–H groups in total. The van der Waals surface area contributed by atoms with Crippen molar-refractivity contribution in [3.63, 3.8) is 0 Å². The lowest BCUT2D eigenvalue weighted by molar-refractivity contribution is -0.136. The van der Waals surface area contributed by atoms with E-state index in [1.165, 1.54) is 0 Å². The summed E-state index contributed by atoms with van der Waals surface area (Å²) in [4.78, 5) is 13.0. The van der Waals surface area contributed by atoms with Crippen LogP contribution in [0.3, 0.4) is 0 Å². The molecule has 1 amide bonds. The Labute approximate surface area is 147 Å². The highest BCUT2D eigenvalue weighted by Gasteiger charge is 2.37. The zero-order valence-electron chi connectivity index (χ0n) is 14.1. The molecule has 130 valence electrons. The van der Waals surface area contributed by atoms with Crippen LogP contribution in [-0.2, 0) is 16.0 Å². The lowest BCUT2D eigenvalue weighted by atomic mass is 9.88. The molecule has 2 aromatic carbocycles. The van der Waals surface area contributed by atoms with Crippen molar-refractivity contribution >= 4 is 5.91 Å². The van der Waals surface area contributed by atoms with Crippen molar-refractivity contribution in [2.24, 2.45) is 5.92 Å². The van der Waals surface area contributed by atoms with Crippen LogP contribution in [0.2, 0.25) is 0 Å². The SMILES string of the molecule is O=C(N[C@@H]1c2ccccc2C[C@@H]1O)C1CCCOC1c1ccccc1. The van der Waals surface area contributed by atoms with Crippen LogP contribution in [0.1, 0.15) is 41.7 Å². The lowest BCUT2D eigenvalue weighted by Crippen LogP contribution is -2.41. The van der Waals surface area contributed by atoms with Gasteiger partial charge in [0.15, 0.2) is 0 Å². The maximum atomic E-state index is 13.0. The summed E-state index contributed by atoms with van der Waals surface area (Å²) in [5, 5.41) is 13.5. The van der Waals surface area contributed by atoms with E-state index in [1.54, 1.807) is 0 Å². The van der Waals surface area contributed by atoms with Gasteiger partial charge in [0.1, 0.15) is 0 Å². The summed E-state index contributed by atoms with van der Waals surface area (Å²) in [5.74, 6) is -0.259. The molecule has 4 rings (SSSR count). The van der Waals surface area contributed by atoms with Crippen molar-refractivity contribution in [1.82, 2.24) is 5.32 Å². The van der Waals surface area contributed by atoms with Gasteiger partial charge in [-0.25, -0.2) is 0 Å². The van der Waals surface area contributed by atoms with Gasteiger partial charge < -0.3 is 15.2 Å². The zero-order valence-corrected chi connectivity index (χ0v) is 14.1. The molecule has 2 aliphatic rings. The number of carbonyl (C=O) groups is 1. The van der Waals surface area contributed by atoms with Crippen molar-refractivity contribution in [2.45, 2.75) is 37.5 Å². The van der Waals surface area contributed by atoms with Crippen LogP contribution < -0.4 is 5.32 Å². The third-order valence-electron chi connectivity index (χ3n) is 5.29. The number of hydrogen-bond acceptors (Lipinski definition) is 3. The number of ether oxygens (including phenoxy) is 1. The van der Waals surface area contributed by atoms with Crippen LogP contribution in [-0.4, -0.2) is 23.7 Å². The summed E-state index contributed by atoms with van der Waals surface area (Å²) >= 11 is 0. The summed E-state index contributed by atoms with van der Waals surface area (Å²) in [7, 11) is 0. The number of rotatable bonds is 3. The molecule has 1 fully saturated rings. The minimum absolute atomic E-state index is 0.0330. The number of nitrogens with one attached hydrogen (secondary N) is 1. The standard InChI is InChI=1S/C21H23NO3/c23-18-13-15-9-4-5-10-16(15)19(18)22-21(24)17-11-6-12-25-20(17)14-7-2-1-3-8-14/h1-5,7-10,17-20,23H,6,11-13H2,(H,22,24)/t17?,18-,19+,20?/m0/s1. The number of amides is 1. The quantitative estimate of drug-likeness (QED) is 0.905. The highest BCUT2D eigenvalue weighted by atomic mass is 16.5. The second-order valence-corrected chi connectivity index (χ2v) is 6.91. The van der Waals surface area contributed by atoms with Crippen molar-refractivity contribution in [2.75, 3.05) is 6.61 Å². The molecule has 0 saturated carbocycles. The van der Waals surface area contributed by atoms with Crippen molar-refractivity contribution < 1.29 is 14.6 Å². The molecule has 4 atom stereocenters. The average Bonchev–Trinajstić information content (AvgIpc) is 2.98. The summed E-state index contributed by atoms with van der Waals surface area (Å²) in [5.41, 5.74) is 3.17. The molecule has 25 heavy (non-hydrogen) atoms. The highest BCUT2D eigenvalue weighted by Crippen LogP contribution is 2.36. The summed E-state index contributed by atoms with van der Waals surface area (Å²) < 4.78 is 5.94. The maximum absolute atomic E-state index is 13.0. The zero-order chi connectivity index (χ0) is 17.2. The first kappa shape index (κ1) is 16.3. The van der Waals surface area contributed by atoms with Gasteiger partial charge in [-0.1, -0.05) is 54.6 Å². The van der Waals surface area contributed by atoms with E-state index < -0.39 is 6.10 Å². The summed E-state index contributed by atoms with van der Waals surface area (Å²) in [6.07, 6.45) is 1.48. The maximum Gasteiger partial charge on any atom is 0.226 e. The van der Waals surface area contributed by atoms with E-state index in [0.29, 0.717) is 13.0 Å². The van der Waals surface area contributed by atoms with E-state index in [1.807, 2.05) is 54.6 Å². The van der Waals surface area contributed by atoms with Crippen LogP contribution in [0.4, 0.5) is 0 Å². The molecule has 1 aliphatic heterocycles. The molecular formula is C21H23NO3. The predicted molar refractivity (Wildman–Crippen MR) is 94.9 cm³/mol. The van der Waals surface area contributed by atoms with Gasteiger partial charge in [0.2, 0.25) is 5.91 Å². The Balaban J connectivity index is 1.54. The Morgan fingerprint density at radius 2 is 1.84 bits per heavy atom. The number of benzene rings is 2. The first-order valence-electron chi connectivity index (χ1n) is 8.97. The van der Waals surface area contributed by atoms with Crippen LogP contribution in [0.5, 0.6) is 0 Å². The van der Waals surface area contributed by atoms with Gasteiger partial charge in [-0.3, -0.25) is 4.79 Å². The van der Waals surface area contributed by atoms with Gasteiger partial charge in [-0.15, -0.1) is 0 Å². The van der Waals surface area contributed by atoms with Crippen LogP contribution >= 0.6 is 0 Å². The molecule has 0 spiro atoms. The Bertz CT molecular complexity index is 746. The monoisotopic (exact) mass is 337 g/mol. The van der Waals surface area contributed by atoms with E-state index in [0.717, 1.165) is 29.5 Å². The third-order valence-corrected chi connectivity index (χ3v) is 5.29. The fraction of sp³-hybridized carbons (Fsp3) is 0.381. The van der Waals surface area contributed by atoms with Crippen molar-refractivity contribution in [3.05, 3.63) is 71.3 Å². The third kappa shape index (κ3) is 3.20. The molecule has 0 radical (unpaired) electrons. The number of hydrogen-bond donors (Lipinski definition) is 2. The summed E-state index contributed by atoms with van der Waals surface area (Å²) in [6, 6.07) is 17.5. The van der Waals surface area contributed by atoms with Gasteiger partial charge in [0, 0.05) is 13.0 Å². The Morgan fingerprint density at radius 1 is 1.08 bits per heavy atom. The van der Waals surface area contributed by atoms with Crippen molar-refractivity contribution in [3.8, 4) is 0 Å². The number of aliphatic hydroxyl groups excluding tert-OH is 1. The minimum atomic E-state index is -0.568. The molecule has 1 heterocycles. The number of aliphatic hydroxyl groups is 1. The molecular weight excluding hydrogens is 314 g/mol. The van der Waals surface area contributed by atoms with Gasteiger partial charge in [-0.05, 0) is 29.5 Å². The van der Waals surface area contributed by atoms with E-state index in [-0.39, 0.29) is 24.0 Å². The van der Waals surface area contributed by atoms with Gasteiger partial charge >= 0.3 is 0 Å². The normalized spacial score (nSPS) is 28.4. The predicted octanol–water partition coefficient (Wildman–Crippen LogP) is 2.93. The van der Waals surface area contributed by atoms with Gasteiger partial charge in [-0.2, -0.15) is 0 Å². The Kier molecular flexibility index (Phi) is 4.55. The second kappa shape index (κ2) is 6.98. The van der Waals surface area contributed by atoms with E-state index in [4.69, 9.17) is 4.74 Å². The van der Waals surface area contributed by atoms with Crippen LogP contribution in [0.25, 0.3) is 0 Å². The topological polar surface area (TPSA) is 58.6 Å².